The summed E-state index contributed by atoms with van der Waals surface area (Å²) in [6, 6.07) is 6.07. The fraction of sp³-hybridized carbons (Fsp3) is 0.500. The summed E-state index contributed by atoms with van der Waals surface area (Å²) in [4.78, 5) is 0. The average Bonchev–Trinajstić information content (AvgIpc) is 2.43. The van der Waals surface area contributed by atoms with Crippen LogP contribution in [-0.2, 0) is 0 Å². The zero-order valence-electron chi connectivity index (χ0n) is 12.7. The molecule has 0 radical (unpaired) electrons. The number of ether oxygens (including phenoxy) is 2. The molecule has 112 valence electrons. The van der Waals surface area contributed by atoms with Crippen LogP contribution in [-0.4, -0.2) is 37.5 Å². The molecule has 1 aromatic rings. The molecule has 20 heavy (non-hydrogen) atoms. The quantitative estimate of drug-likeness (QED) is 0.767. The highest BCUT2D eigenvalue weighted by atomic mass is 16.5. The fourth-order valence-electron chi connectivity index (χ4n) is 1.72. The molecule has 4 nitrogen and oxygen atoms in total. The molecule has 4 heteroatoms. The van der Waals surface area contributed by atoms with Crippen molar-refractivity contribution in [2.24, 2.45) is 0 Å². The van der Waals surface area contributed by atoms with E-state index < -0.39 is 6.10 Å². The van der Waals surface area contributed by atoms with Gasteiger partial charge in [-0.1, -0.05) is 32.1 Å². The maximum atomic E-state index is 9.82. The van der Waals surface area contributed by atoms with Crippen molar-refractivity contribution in [3.05, 3.63) is 29.8 Å². The second kappa shape index (κ2) is 8.61. The van der Waals surface area contributed by atoms with E-state index in [0.29, 0.717) is 24.1 Å². The molecule has 0 aromatic heterocycles. The van der Waals surface area contributed by atoms with Gasteiger partial charge < -0.3 is 19.9 Å². The number of aliphatic hydroxyl groups is 1. The van der Waals surface area contributed by atoms with Crippen LogP contribution in [0, 0.1) is 0 Å². The maximum Gasteiger partial charge on any atom is 0.161 e. The Balaban J connectivity index is 2.58. The zero-order chi connectivity index (χ0) is 15.0. The van der Waals surface area contributed by atoms with E-state index in [1.54, 1.807) is 7.11 Å². The molecule has 0 aliphatic heterocycles. The normalized spacial score (nSPS) is 12.9. The van der Waals surface area contributed by atoms with Crippen molar-refractivity contribution in [3.8, 4) is 11.5 Å². The molecule has 1 rings (SSSR count). The smallest absolute Gasteiger partial charge is 0.161 e. The summed E-state index contributed by atoms with van der Waals surface area (Å²) in [7, 11) is 1.61. The van der Waals surface area contributed by atoms with Crippen molar-refractivity contribution in [2.75, 3.05) is 20.3 Å². The predicted octanol–water partition coefficient (Wildman–Crippen LogP) is 2.47. The van der Waals surface area contributed by atoms with Crippen molar-refractivity contribution < 1.29 is 14.6 Å². The Hall–Kier alpha value is -1.52. The first kappa shape index (κ1) is 16.5. The Bertz CT molecular complexity index is 430. The highest BCUT2D eigenvalue weighted by Gasteiger charge is 2.09. The van der Waals surface area contributed by atoms with Gasteiger partial charge in [-0.15, -0.1) is 0 Å². The topological polar surface area (TPSA) is 50.7 Å². The van der Waals surface area contributed by atoms with Crippen molar-refractivity contribution in [1.82, 2.24) is 5.32 Å². The average molecular weight is 279 g/mol. The maximum absolute atomic E-state index is 9.82. The van der Waals surface area contributed by atoms with Crippen LogP contribution in [0.2, 0.25) is 0 Å². The van der Waals surface area contributed by atoms with Gasteiger partial charge in [0, 0.05) is 12.6 Å². The summed E-state index contributed by atoms with van der Waals surface area (Å²) >= 11 is 0. The SMILES string of the molecule is C/C=C/c1ccc(OCC(O)CNC(C)C)c(OC)c1. The van der Waals surface area contributed by atoms with Crippen LogP contribution >= 0.6 is 0 Å². The van der Waals surface area contributed by atoms with Gasteiger partial charge in [0.15, 0.2) is 11.5 Å². The van der Waals surface area contributed by atoms with E-state index in [0.717, 1.165) is 5.56 Å². The van der Waals surface area contributed by atoms with Gasteiger partial charge in [0.05, 0.1) is 7.11 Å². The number of methoxy groups -OCH3 is 1. The minimum absolute atomic E-state index is 0.235. The molecule has 0 spiro atoms. The van der Waals surface area contributed by atoms with Gasteiger partial charge >= 0.3 is 0 Å². The van der Waals surface area contributed by atoms with E-state index in [1.165, 1.54) is 0 Å². The van der Waals surface area contributed by atoms with E-state index >= 15 is 0 Å². The lowest BCUT2D eigenvalue weighted by molar-refractivity contribution is 0.103. The third-order valence-corrected chi connectivity index (χ3v) is 2.74. The molecule has 0 amide bonds. The molecule has 0 aliphatic rings. The van der Waals surface area contributed by atoms with Crippen molar-refractivity contribution >= 4 is 6.08 Å². The molecule has 0 saturated heterocycles. The molecule has 0 bridgehead atoms. The van der Waals surface area contributed by atoms with Gasteiger partial charge in [-0.25, -0.2) is 0 Å². The van der Waals surface area contributed by atoms with Gasteiger partial charge in [-0.2, -0.15) is 0 Å². The Morgan fingerprint density at radius 1 is 1.30 bits per heavy atom. The number of hydrogen-bond acceptors (Lipinski definition) is 4. The molecule has 0 fully saturated rings. The summed E-state index contributed by atoms with van der Waals surface area (Å²) in [5.41, 5.74) is 1.05. The van der Waals surface area contributed by atoms with Crippen LogP contribution in [0.15, 0.2) is 24.3 Å². The molecule has 1 unspecified atom stereocenters. The van der Waals surface area contributed by atoms with Crippen LogP contribution < -0.4 is 14.8 Å². The van der Waals surface area contributed by atoms with Crippen LogP contribution in [0.4, 0.5) is 0 Å². The minimum Gasteiger partial charge on any atom is -0.493 e. The predicted molar refractivity (Wildman–Crippen MR) is 82.3 cm³/mol. The van der Waals surface area contributed by atoms with E-state index in [-0.39, 0.29) is 6.61 Å². The first-order valence-electron chi connectivity index (χ1n) is 6.91. The van der Waals surface area contributed by atoms with E-state index in [4.69, 9.17) is 9.47 Å². The van der Waals surface area contributed by atoms with E-state index in [1.807, 2.05) is 51.1 Å². The lowest BCUT2D eigenvalue weighted by atomic mass is 10.2. The van der Waals surface area contributed by atoms with Gasteiger partial charge in [0.2, 0.25) is 0 Å². The third kappa shape index (κ3) is 5.63. The van der Waals surface area contributed by atoms with Crippen molar-refractivity contribution in [2.45, 2.75) is 32.9 Å². The Kier molecular flexibility index (Phi) is 7.12. The molecular formula is C16H25NO3. The van der Waals surface area contributed by atoms with Crippen molar-refractivity contribution in [1.29, 1.82) is 0 Å². The fourth-order valence-corrected chi connectivity index (χ4v) is 1.72. The first-order valence-corrected chi connectivity index (χ1v) is 6.91. The summed E-state index contributed by atoms with van der Waals surface area (Å²) in [6.45, 7) is 6.79. The van der Waals surface area contributed by atoms with Crippen LogP contribution in [0.5, 0.6) is 11.5 Å². The summed E-state index contributed by atoms with van der Waals surface area (Å²) in [5, 5.41) is 13.0. The largest absolute Gasteiger partial charge is 0.493 e. The van der Waals surface area contributed by atoms with Gasteiger partial charge in [0.25, 0.3) is 0 Å². The molecule has 1 aromatic carbocycles. The molecular weight excluding hydrogens is 254 g/mol. The van der Waals surface area contributed by atoms with Crippen LogP contribution in [0.3, 0.4) is 0 Å². The molecule has 0 heterocycles. The van der Waals surface area contributed by atoms with E-state index in [2.05, 4.69) is 5.32 Å². The lowest BCUT2D eigenvalue weighted by Crippen LogP contribution is -2.35. The van der Waals surface area contributed by atoms with Gasteiger partial charge in [0.1, 0.15) is 12.7 Å². The number of benzene rings is 1. The number of nitrogens with one attached hydrogen (secondary N) is 1. The third-order valence-electron chi connectivity index (χ3n) is 2.74. The number of hydrogen-bond donors (Lipinski definition) is 2. The molecule has 1 atom stereocenters. The highest BCUT2D eigenvalue weighted by molar-refractivity contribution is 5.55. The Labute approximate surface area is 121 Å². The Morgan fingerprint density at radius 3 is 2.65 bits per heavy atom. The zero-order valence-corrected chi connectivity index (χ0v) is 12.7. The van der Waals surface area contributed by atoms with Crippen molar-refractivity contribution in [3.63, 3.8) is 0 Å². The minimum atomic E-state index is -0.544. The number of rotatable bonds is 8. The standard InChI is InChI=1S/C16H25NO3/c1-5-6-13-7-8-15(16(9-13)19-4)20-11-14(18)10-17-12(2)3/h5-9,12,14,17-18H,10-11H2,1-4H3/b6-5+. The lowest BCUT2D eigenvalue weighted by Gasteiger charge is -2.16. The van der Waals surface area contributed by atoms with Gasteiger partial charge in [-0.05, 0) is 24.6 Å². The monoisotopic (exact) mass is 279 g/mol. The summed E-state index contributed by atoms with van der Waals surface area (Å²) in [5.74, 6) is 1.31. The van der Waals surface area contributed by atoms with E-state index in [9.17, 15) is 5.11 Å². The highest BCUT2D eigenvalue weighted by Crippen LogP contribution is 2.28. The van der Waals surface area contributed by atoms with Crippen LogP contribution in [0.1, 0.15) is 26.3 Å². The summed E-state index contributed by atoms with van der Waals surface area (Å²) < 4.78 is 10.9. The molecule has 2 N–H and O–H groups in total. The summed E-state index contributed by atoms with van der Waals surface area (Å²) in [6.07, 6.45) is 3.42. The molecule has 0 saturated carbocycles. The van der Waals surface area contributed by atoms with Crippen LogP contribution in [0.25, 0.3) is 6.08 Å². The first-order chi connectivity index (χ1) is 9.56. The Morgan fingerprint density at radius 2 is 2.05 bits per heavy atom. The van der Waals surface area contributed by atoms with Gasteiger partial charge in [-0.3, -0.25) is 0 Å². The second-order valence-electron chi connectivity index (χ2n) is 4.94. The molecule has 0 aliphatic carbocycles. The second-order valence-corrected chi connectivity index (χ2v) is 4.94. The number of allylic oxidation sites excluding steroid dienone is 1. The number of aliphatic hydroxyl groups excluding tert-OH is 1.